The van der Waals surface area contributed by atoms with Crippen LogP contribution in [0, 0.1) is 13.8 Å². The third-order valence-corrected chi connectivity index (χ3v) is 3.02. The van der Waals surface area contributed by atoms with E-state index in [2.05, 4.69) is 0 Å². The van der Waals surface area contributed by atoms with Gasteiger partial charge in [0.15, 0.2) is 5.43 Å². The quantitative estimate of drug-likeness (QED) is 0.834. The first kappa shape index (κ1) is 12.7. The standard InChI is InChI=1S/C14H14ClNO2/c1-9-6-12(17)7-10(2)16(9)13-8-11(15)4-5-14(13)18-3/h4-8H,1-3H3. The molecule has 1 heterocycles. The molecule has 3 nitrogen and oxygen atoms in total. The number of aromatic nitrogens is 1. The Morgan fingerprint density at radius 1 is 1.11 bits per heavy atom. The van der Waals surface area contributed by atoms with E-state index in [0.29, 0.717) is 10.8 Å². The fourth-order valence-electron chi connectivity index (χ4n) is 2.08. The Labute approximate surface area is 111 Å². The zero-order chi connectivity index (χ0) is 13.3. The molecule has 0 unspecified atom stereocenters. The molecule has 2 aromatic rings. The average molecular weight is 264 g/mol. The fraction of sp³-hybridized carbons (Fsp3) is 0.214. The van der Waals surface area contributed by atoms with Gasteiger partial charge in [-0.2, -0.15) is 0 Å². The molecule has 2 rings (SSSR count). The number of rotatable bonds is 2. The van der Waals surface area contributed by atoms with Gasteiger partial charge in [-0.1, -0.05) is 11.6 Å². The van der Waals surface area contributed by atoms with Crippen LogP contribution in [0.15, 0.2) is 35.1 Å². The molecular weight excluding hydrogens is 250 g/mol. The minimum Gasteiger partial charge on any atom is -0.495 e. The fourth-order valence-corrected chi connectivity index (χ4v) is 2.24. The van der Waals surface area contributed by atoms with Gasteiger partial charge in [-0.15, -0.1) is 0 Å². The second-order valence-corrected chi connectivity index (χ2v) is 4.56. The lowest BCUT2D eigenvalue weighted by atomic mass is 10.2. The number of methoxy groups -OCH3 is 1. The van der Waals surface area contributed by atoms with Crippen molar-refractivity contribution in [3.05, 3.63) is 57.0 Å². The van der Waals surface area contributed by atoms with Gasteiger partial charge in [0.1, 0.15) is 5.75 Å². The Hall–Kier alpha value is -1.74. The summed E-state index contributed by atoms with van der Waals surface area (Å²) in [6.45, 7) is 3.77. The van der Waals surface area contributed by atoms with Gasteiger partial charge in [0.05, 0.1) is 12.8 Å². The zero-order valence-electron chi connectivity index (χ0n) is 10.5. The Bertz CT molecular complexity index is 620. The number of nitrogens with zero attached hydrogens (tertiary/aromatic N) is 1. The lowest BCUT2D eigenvalue weighted by molar-refractivity contribution is 0.412. The predicted octanol–water partition coefficient (Wildman–Crippen LogP) is 3.12. The minimum atomic E-state index is 0.00208. The van der Waals surface area contributed by atoms with Crippen molar-refractivity contribution in [2.24, 2.45) is 0 Å². The monoisotopic (exact) mass is 263 g/mol. The number of halogens is 1. The first-order valence-electron chi connectivity index (χ1n) is 5.57. The molecule has 0 aliphatic heterocycles. The largest absolute Gasteiger partial charge is 0.495 e. The van der Waals surface area contributed by atoms with Crippen LogP contribution in [-0.2, 0) is 0 Å². The van der Waals surface area contributed by atoms with Crippen LogP contribution in [0.2, 0.25) is 5.02 Å². The van der Waals surface area contributed by atoms with E-state index in [0.717, 1.165) is 17.1 Å². The van der Waals surface area contributed by atoms with Gasteiger partial charge in [-0.05, 0) is 32.0 Å². The van der Waals surface area contributed by atoms with Crippen LogP contribution >= 0.6 is 11.6 Å². The second kappa shape index (κ2) is 4.86. The Morgan fingerprint density at radius 3 is 2.28 bits per heavy atom. The summed E-state index contributed by atoms with van der Waals surface area (Å²) >= 11 is 6.03. The van der Waals surface area contributed by atoms with E-state index >= 15 is 0 Å². The van der Waals surface area contributed by atoms with E-state index in [1.165, 1.54) is 0 Å². The van der Waals surface area contributed by atoms with Crippen LogP contribution in [0.1, 0.15) is 11.4 Å². The number of hydrogen-bond acceptors (Lipinski definition) is 2. The van der Waals surface area contributed by atoms with Gasteiger partial charge in [-0.25, -0.2) is 0 Å². The number of ether oxygens (including phenoxy) is 1. The topological polar surface area (TPSA) is 31.2 Å². The maximum atomic E-state index is 11.4. The van der Waals surface area contributed by atoms with E-state index in [1.807, 2.05) is 30.5 Å². The van der Waals surface area contributed by atoms with Crippen molar-refractivity contribution in [1.29, 1.82) is 0 Å². The van der Waals surface area contributed by atoms with E-state index in [4.69, 9.17) is 16.3 Å². The molecular formula is C14H14ClNO2. The molecule has 0 bridgehead atoms. The highest BCUT2D eigenvalue weighted by Crippen LogP contribution is 2.28. The van der Waals surface area contributed by atoms with E-state index in [9.17, 15) is 4.79 Å². The highest BCUT2D eigenvalue weighted by molar-refractivity contribution is 6.30. The van der Waals surface area contributed by atoms with Crippen LogP contribution in [0.5, 0.6) is 5.75 Å². The van der Waals surface area contributed by atoms with Crippen molar-refractivity contribution in [1.82, 2.24) is 4.57 Å². The number of aryl methyl sites for hydroxylation is 2. The van der Waals surface area contributed by atoms with E-state index in [-0.39, 0.29) is 5.43 Å². The highest BCUT2D eigenvalue weighted by atomic mass is 35.5. The molecule has 1 aromatic heterocycles. The molecule has 0 saturated carbocycles. The molecule has 0 spiro atoms. The SMILES string of the molecule is COc1ccc(Cl)cc1-n1c(C)cc(=O)cc1C. The predicted molar refractivity (Wildman–Crippen MR) is 73.1 cm³/mol. The molecule has 0 saturated heterocycles. The van der Waals surface area contributed by atoms with Gasteiger partial charge in [0.25, 0.3) is 0 Å². The van der Waals surface area contributed by atoms with Crippen LogP contribution < -0.4 is 10.2 Å². The van der Waals surface area contributed by atoms with Crippen molar-refractivity contribution in [2.75, 3.05) is 7.11 Å². The molecule has 18 heavy (non-hydrogen) atoms. The third-order valence-electron chi connectivity index (χ3n) is 2.79. The van der Waals surface area contributed by atoms with Crippen molar-refractivity contribution < 1.29 is 4.74 Å². The first-order valence-corrected chi connectivity index (χ1v) is 5.95. The van der Waals surface area contributed by atoms with Crippen LogP contribution in [0.4, 0.5) is 0 Å². The van der Waals surface area contributed by atoms with Crippen molar-refractivity contribution in [2.45, 2.75) is 13.8 Å². The van der Waals surface area contributed by atoms with E-state index in [1.54, 1.807) is 25.3 Å². The summed E-state index contributed by atoms with van der Waals surface area (Å²) in [5.74, 6) is 0.717. The molecule has 0 aliphatic rings. The van der Waals surface area contributed by atoms with Crippen molar-refractivity contribution >= 4 is 11.6 Å². The van der Waals surface area contributed by atoms with Crippen molar-refractivity contribution in [3.63, 3.8) is 0 Å². The summed E-state index contributed by atoms with van der Waals surface area (Å²) in [5.41, 5.74) is 2.53. The summed E-state index contributed by atoms with van der Waals surface area (Å²) in [6, 6.07) is 8.59. The first-order chi connectivity index (χ1) is 8.52. The summed E-state index contributed by atoms with van der Waals surface area (Å²) in [6.07, 6.45) is 0. The third kappa shape index (κ3) is 2.27. The van der Waals surface area contributed by atoms with Crippen LogP contribution in [-0.4, -0.2) is 11.7 Å². The van der Waals surface area contributed by atoms with Gasteiger partial charge in [0, 0.05) is 28.5 Å². The molecule has 0 atom stereocenters. The zero-order valence-corrected chi connectivity index (χ0v) is 11.3. The Kier molecular flexibility index (Phi) is 3.43. The molecule has 0 radical (unpaired) electrons. The maximum absolute atomic E-state index is 11.4. The number of pyridine rings is 1. The van der Waals surface area contributed by atoms with Gasteiger partial charge in [0.2, 0.25) is 0 Å². The van der Waals surface area contributed by atoms with Gasteiger partial charge in [-0.3, -0.25) is 4.79 Å². The molecule has 0 aliphatic carbocycles. The summed E-state index contributed by atoms with van der Waals surface area (Å²) in [5, 5.41) is 0.628. The van der Waals surface area contributed by atoms with Crippen molar-refractivity contribution in [3.8, 4) is 11.4 Å². The number of hydrogen-bond donors (Lipinski definition) is 0. The molecule has 0 N–H and O–H groups in total. The van der Waals surface area contributed by atoms with Gasteiger partial charge >= 0.3 is 0 Å². The minimum absolute atomic E-state index is 0.00208. The highest BCUT2D eigenvalue weighted by Gasteiger charge is 2.10. The van der Waals surface area contributed by atoms with Gasteiger partial charge < -0.3 is 9.30 Å². The number of benzene rings is 1. The Morgan fingerprint density at radius 2 is 1.72 bits per heavy atom. The summed E-state index contributed by atoms with van der Waals surface area (Å²) in [4.78, 5) is 11.4. The average Bonchev–Trinajstić information content (AvgIpc) is 2.28. The van der Waals surface area contributed by atoms with Crippen LogP contribution in [0.25, 0.3) is 5.69 Å². The van der Waals surface area contributed by atoms with E-state index < -0.39 is 0 Å². The van der Waals surface area contributed by atoms with Crippen LogP contribution in [0.3, 0.4) is 0 Å². The molecule has 94 valence electrons. The lowest BCUT2D eigenvalue weighted by Gasteiger charge is -2.17. The molecule has 0 fully saturated rings. The summed E-state index contributed by atoms with van der Waals surface area (Å²) < 4.78 is 7.29. The lowest BCUT2D eigenvalue weighted by Crippen LogP contribution is -2.12. The summed E-state index contributed by atoms with van der Waals surface area (Å²) in [7, 11) is 1.61. The normalized spacial score (nSPS) is 10.4. The smallest absolute Gasteiger partial charge is 0.182 e. The molecule has 0 amide bonds. The molecule has 1 aromatic carbocycles. The molecule has 4 heteroatoms. The Balaban J connectivity index is 2.76. The second-order valence-electron chi connectivity index (χ2n) is 4.13. The maximum Gasteiger partial charge on any atom is 0.182 e.